The Hall–Kier alpha value is -2.16. The summed E-state index contributed by atoms with van der Waals surface area (Å²) in [7, 11) is 1.89. The second-order valence-corrected chi connectivity index (χ2v) is 5.30. The first kappa shape index (κ1) is 12.9. The molecule has 3 aromatic heterocycles. The lowest BCUT2D eigenvalue weighted by atomic mass is 10.4. The molecule has 0 radical (unpaired) electrons. The topological polar surface area (TPSA) is 100 Å². The Morgan fingerprint density at radius 3 is 2.90 bits per heavy atom. The van der Waals surface area contributed by atoms with Crippen LogP contribution in [0.3, 0.4) is 0 Å². The van der Waals surface area contributed by atoms with E-state index in [2.05, 4.69) is 25.0 Å². The Balaban J connectivity index is 1.60. The average Bonchev–Trinajstić information content (AvgIpc) is 3.03. The molecule has 0 aromatic carbocycles. The number of thioether (sulfide) groups is 1. The van der Waals surface area contributed by atoms with Crippen molar-refractivity contribution < 1.29 is 0 Å². The molecule has 0 fully saturated rings. The highest BCUT2D eigenvalue weighted by atomic mass is 32.2. The van der Waals surface area contributed by atoms with Crippen molar-refractivity contribution in [2.45, 2.75) is 18.1 Å². The van der Waals surface area contributed by atoms with Crippen molar-refractivity contribution in [3.05, 3.63) is 19.0 Å². The molecule has 2 N–H and O–H groups in total. The van der Waals surface area contributed by atoms with Gasteiger partial charge in [-0.15, -0.1) is 0 Å². The summed E-state index contributed by atoms with van der Waals surface area (Å²) in [6.07, 6.45) is 5.76. The third-order valence-corrected chi connectivity index (χ3v) is 3.99. The molecule has 3 aromatic rings. The number of nitrogens with zero attached hydrogens (tertiary/aromatic N) is 7. The van der Waals surface area contributed by atoms with Gasteiger partial charge in [-0.2, -0.15) is 5.10 Å². The van der Waals surface area contributed by atoms with Crippen LogP contribution in [0.25, 0.3) is 11.2 Å². The predicted molar refractivity (Wildman–Crippen MR) is 76.1 cm³/mol. The summed E-state index contributed by atoms with van der Waals surface area (Å²) in [5.41, 5.74) is 7.20. The van der Waals surface area contributed by atoms with E-state index in [0.29, 0.717) is 11.3 Å². The van der Waals surface area contributed by atoms with Gasteiger partial charge in [-0.25, -0.2) is 24.6 Å². The zero-order chi connectivity index (χ0) is 13.9. The van der Waals surface area contributed by atoms with Crippen LogP contribution >= 0.6 is 11.8 Å². The summed E-state index contributed by atoms with van der Waals surface area (Å²) >= 11 is 1.68. The smallest absolute Gasteiger partial charge is 0.185 e. The van der Waals surface area contributed by atoms with Crippen molar-refractivity contribution in [1.29, 1.82) is 0 Å². The lowest BCUT2D eigenvalue weighted by Gasteiger charge is -2.03. The number of nitrogen functional groups attached to an aromatic ring is 1. The van der Waals surface area contributed by atoms with Gasteiger partial charge in [0.15, 0.2) is 16.6 Å². The minimum Gasteiger partial charge on any atom is -0.382 e. The third-order valence-electron chi connectivity index (χ3n) is 2.87. The predicted octanol–water partition coefficient (Wildman–Crippen LogP) is 0.719. The molecule has 0 atom stereocenters. The first-order valence-corrected chi connectivity index (χ1v) is 7.12. The summed E-state index contributed by atoms with van der Waals surface area (Å²) < 4.78 is 3.76. The maximum absolute atomic E-state index is 5.76. The van der Waals surface area contributed by atoms with Gasteiger partial charge in [0.25, 0.3) is 0 Å². The van der Waals surface area contributed by atoms with E-state index in [0.717, 1.165) is 29.5 Å². The van der Waals surface area contributed by atoms with Crippen LogP contribution in [-0.4, -0.2) is 40.0 Å². The van der Waals surface area contributed by atoms with Gasteiger partial charge in [0, 0.05) is 19.3 Å². The van der Waals surface area contributed by atoms with Crippen molar-refractivity contribution in [2.24, 2.45) is 7.05 Å². The summed E-state index contributed by atoms with van der Waals surface area (Å²) in [5.74, 6) is 1.37. The fraction of sp³-hybridized carbons (Fsp3) is 0.364. The number of rotatable bonds is 5. The molecule has 0 bridgehead atoms. The first-order chi connectivity index (χ1) is 9.75. The molecule has 20 heavy (non-hydrogen) atoms. The molecule has 9 heteroatoms. The average molecular weight is 290 g/mol. The van der Waals surface area contributed by atoms with Crippen LogP contribution in [0, 0.1) is 0 Å². The molecule has 0 aliphatic heterocycles. The summed E-state index contributed by atoms with van der Waals surface area (Å²) in [5, 5.41) is 4.96. The molecule has 0 saturated carbocycles. The number of aryl methyl sites for hydroxylation is 2. The van der Waals surface area contributed by atoms with Crippen LogP contribution < -0.4 is 5.73 Å². The number of hydrogen-bond acceptors (Lipinski definition) is 7. The van der Waals surface area contributed by atoms with Crippen LogP contribution in [0.1, 0.15) is 6.42 Å². The maximum Gasteiger partial charge on any atom is 0.185 e. The molecule has 0 aliphatic carbocycles. The number of anilines is 1. The van der Waals surface area contributed by atoms with Gasteiger partial charge in [-0.3, -0.25) is 0 Å². The molecular formula is C11H14N8S. The largest absolute Gasteiger partial charge is 0.382 e. The van der Waals surface area contributed by atoms with Gasteiger partial charge >= 0.3 is 0 Å². The Morgan fingerprint density at radius 1 is 1.20 bits per heavy atom. The Kier molecular flexibility index (Phi) is 3.50. The number of fused-ring (bicyclic) bond motifs is 1. The Bertz CT molecular complexity index is 718. The van der Waals surface area contributed by atoms with Crippen LogP contribution in [0.15, 0.2) is 24.1 Å². The molecule has 3 heterocycles. The van der Waals surface area contributed by atoms with E-state index < -0.39 is 0 Å². The van der Waals surface area contributed by atoms with Gasteiger partial charge in [0.1, 0.15) is 18.2 Å². The fourth-order valence-electron chi connectivity index (χ4n) is 1.88. The maximum atomic E-state index is 5.76. The van der Waals surface area contributed by atoms with Crippen molar-refractivity contribution >= 4 is 28.7 Å². The van der Waals surface area contributed by atoms with Crippen LogP contribution in [0.5, 0.6) is 0 Å². The SMILES string of the molecule is Cn1ncnc1SCCCn1cnc2c(N)ncnc21. The van der Waals surface area contributed by atoms with Gasteiger partial charge in [-0.05, 0) is 6.42 Å². The molecule has 104 valence electrons. The highest BCUT2D eigenvalue weighted by Gasteiger charge is 2.07. The van der Waals surface area contributed by atoms with E-state index in [1.54, 1.807) is 29.1 Å². The van der Waals surface area contributed by atoms with E-state index in [4.69, 9.17) is 5.73 Å². The van der Waals surface area contributed by atoms with Crippen LogP contribution in [0.2, 0.25) is 0 Å². The Morgan fingerprint density at radius 2 is 2.10 bits per heavy atom. The summed E-state index contributed by atoms with van der Waals surface area (Å²) in [4.78, 5) is 16.6. The monoisotopic (exact) mass is 290 g/mol. The molecule has 0 spiro atoms. The van der Waals surface area contributed by atoms with E-state index in [1.807, 2.05) is 11.6 Å². The molecular weight excluding hydrogens is 276 g/mol. The van der Waals surface area contributed by atoms with Crippen molar-refractivity contribution in [1.82, 2.24) is 34.3 Å². The van der Waals surface area contributed by atoms with Gasteiger partial charge < -0.3 is 10.3 Å². The van der Waals surface area contributed by atoms with Crippen molar-refractivity contribution in [3.63, 3.8) is 0 Å². The second-order valence-electron chi connectivity index (χ2n) is 4.24. The van der Waals surface area contributed by atoms with Gasteiger partial charge in [-0.1, -0.05) is 11.8 Å². The quantitative estimate of drug-likeness (QED) is 0.545. The van der Waals surface area contributed by atoms with Crippen LogP contribution in [-0.2, 0) is 13.6 Å². The van der Waals surface area contributed by atoms with Gasteiger partial charge in [0.05, 0.1) is 6.33 Å². The molecule has 0 aliphatic rings. The lowest BCUT2D eigenvalue weighted by molar-refractivity contribution is 0.677. The molecule has 8 nitrogen and oxygen atoms in total. The molecule has 0 saturated heterocycles. The lowest BCUT2D eigenvalue weighted by Crippen LogP contribution is -2.01. The normalized spacial score (nSPS) is 11.2. The molecule has 0 amide bonds. The highest BCUT2D eigenvalue weighted by molar-refractivity contribution is 7.99. The van der Waals surface area contributed by atoms with E-state index in [-0.39, 0.29) is 0 Å². The van der Waals surface area contributed by atoms with E-state index in [1.165, 1.54) is 6.33 Å². The van der Waals surface area contributed by atoms with Gasteiger partial charge in [0.2, 0.25) is 0 Å². The zero-order valence-electron chi connectivity index (χ0n) is 11.0. The number of imidazole rings is 1. The minimum absolute atomic E-state index is 0.419. The third kappa shape index (κ3) is 2.44. The molecule has 3 rings (SSSR count). The van der Waals surface area contributed by atoms with E-state index in [9.17, 15) is 0 Å². The van der Waals surface area contributed by atoms with Crippen LogP contribution in [0.4, 0.5) is 5.82 Å². The second kappa shape index (κ2) is 5.45. The highest BCUT2D eigenvalue weighted by Crippen LogP contribution is 2.17. The van der Waals surface area contributed by atoms with Crippen molar-refractivity contribution in [3.8, 4) is 0 Å². The number of aromatic nitrogens is 7. The minimum atomic E-state index is 0.419. The van der Waals surface area contributed by atoms with E-state index >= 15 is 0 Å². The van der Waals surface area contributed by atoms with Crippen molar-refractivity contribution in [2.75, 3.05) is 11.5 Å². The molecule has 0 unspecified atom stereocenters. The standard InChI is InChI=1S/C11H14N8S/c1-18-11(15-6-17-18)20-4-2-3-19-7-16-8-9(12)13-5-14-10(8)19/h5-7H,2-4H2,1H3,(H2,12,13,14). The number of nitrogens with two attached hydrogens (primary N) is 1. The fourth-order valence-corrected chi connectivity index (χ4v) is 2.69. The first-order valence-electron chi connectivity index (χ1n) is 6.14. The summed E-state index contributed by atoms with van der Waals surface area (Å²) in [6, 6.07) is 0. The summed E-state index contributed by atoms with van der Waals surface area (Å²) in [6.45, 7) is 0.831. The zero-order valence-corrected chi connectivity index (χ0v) is 11.8. The Labute approximate surface area is 119 Å². The number of hydrogen-bond donors (Lipinski definition) is 1.